The molecular weight excluding hydrogens is 219 g/mol. The molecule has 1 atom stereocenters. The van der Waals surface area contributed by atoms with E-state index >= 15 is 0 Å². The summed E-state index contributed by atoms with van der Waals surface area (Å²) in [5, 5.41) is 3.00. The van der Waals surface area contributed by atoms with Crippen LogP contribution in [-0.2, 0) is 4.79 Å². The van der Waals surface area contributed by atoms with Crippen LogP contribution in [0.25, 0.3) is 0 Å². The maximum Gasteiger partial charge on any atom is 0.244 e. The lowest BCUT2D eigenvalue weighted by atomic mass is 10.0. The zero-order chi connectivity index (χ0) is 12.4. The highest BCUT2D eigenvalue weighted by molar-refractivity contribution is 5.98. The fourth-order valence-electron chi connectivity index (χ4n) is 2.27. The molecule has 1 unspecified atom stereocenters. The molecule has 0 radical (unpaired) electrons. The second-order valence-corrected chi connectivity index (χ2v) is 4.36. The average Bonchev–Trinajstić information content (AvgIpc) is 2.33. The van der Waals surface area contributed by atoms with Crippen molar-refractivity contribution in [2.45, 2.75) is 25.8 Å². The van der Waals surface area contributed by atoms with Crippen molar-refractivity contribution >= 4 is 11.6 Å². The Labute approximate surface area is 101 Å². The third-order valence-electron chi connectivity index (χ3n) is 3.32. The molecule has 1 fully saturated rings. The highest BCUT2D eigenvalue weighted by Crippen LogP contribution is 2.26. The van der Waals surface area contributed by atoms with Crippen molar-refractivity contribution in [2.75, 3.05) is 18.5 Å². The average molecular weight is 236 g/mol. The normalized spacial score (nSPS) is 20.8. The number of likely N-dealkylation sites (N-methyl/N-ethyl adjacent to an activating group) is 1. The van der Waals surface area contributed by atoms with Crippen molar-refractivity contribution in [2.24, 2.45) is 0 Å². The molecule has 92 valence electrons. The van der Waals surface area contributed by atoms with Crippen LogP contribution in [0.2, 0.25) is 0 Å². The Kier molecular flexibility index (Phi) is 3.43. The summed E-state index contributed by atoms with van der Waals surface area (Å²) in [4.78, 5) is 13.8. The first kappa shape index (κ1) is 12.0. The van der Waals surface area contributed by atoms with Crippen LogP contribution in [0.1, 0.15) is 18.4 Å². The topological polar surface area (TPSA) is 32.3 Å². The number of hydrogen-bond donors (Lipinski definition) is 1. The highest BCUT2D eigenvalue weighted by atomic mass is 19.1. The minimum Gasteiger partial charge on any atom is -0.311 e. The molecule has 1 aromatic carbocycles. The number of carbonyl (C=O) groups is 1. The molecule has 2 rings (SSSR count). The van der Waals surface area contributed by atoms with Crippen LogP contribution >= 0.6 is 0 Å². The van der Waals surface area contributed by atoms with Crippen molar-refractivity contribution in [3.8, 4) is 0 Å². The fourth-order valence-corrected chi connectivity index (χ4v) is 2.27. The first-order valence-corrected chi connectivity index (χ1v) is 5.89. The summed E-state index contributed by atoms with van der Waals surface area (Å²) < 4.78 is 13.5. The van der Waals surface area contributed by atoms with Crippen LogP contribution in [-0.4, -0.2) is 25.5 Å². The Morgan fingerprint density at radius 3 is 2.94 bits per heavy atom. The molecule has 1 aliphatic heterocycles. The van der Waals surface area contributed by atoms with E-state index in [0.717, 1.165) is 12.8 Å². The highest BCUT2D eigenvalue weighted by Gasteiger charge is 2.29. The molecule has 1 N–H and O–H groups in total. The van der Waals surface area contributed by atoms with Gasteiger partial charge in [-0.25, -0.2) is 4.39 Å². The third-order valence-corrected chi connectivity index (χ3v) is 3.32. The zero-order valence-electron chi connectivity index (χ0n) is 10.2. The lowest BCUT2D eigenvalue weighted by Crippen LogP contribution is -2.50. The SMILES string of the molecule is CNC1CCCN(c2cccc(F)c2C)C1=O. The summed E-state index contributed by atoms with van der Waals surface area (Å²) in [5.41, 5.74) is 1.23. The van der Waals surface area contributed by atoms with Crippen LogP contribution in [0.15, 0.2) is 18.2 Å². The molecular formula is C13H17FN2O. The van der Waals surface area contributed by atoms with Crippen LogP contribution in [0.3, 0.4) is 0 Å². The van der Waals surface area contributed by atoms with E-state index in [0.29, 0.717) is 17.8 Å². The summed E-state index contributed by atoms with van der Waals surface area (Å²) in [6, 6.07) is 4.72. The van der Waals surface area contributed by atoms with E-state index in [1.807, 2.05) is 0 Å². The van der Waals surface area contributed by atoms with E-state index in [1.54, 1.807) is 31.0 Å². The first-order chi connectivity index (χ1) is 8.15. The Hall–Kier alpha value is -1.42. The first-order valence-electron chi connectivity index (χ1n) is 5.89. The van der Waals surface area contributed by atoms with Gasteiger partial charge in [-0.05, 0) is 38.9 Å². The van der Waals surface area contributed by atoms with Crippen molar-refractivity contribution < 1.29 is 9.18 Å². The minimum atomic E-state index is -0.262. The van der Waals surface area contributed by atoms with Gasteiger partial charge in [0, 0.05) is 17.8 Å². The molecule has 4 heteroatoms. The predicted molar refractivity (Wildman–Crippen MR) is 65.6 cm³/mol. The summed E-state index contributed by atoms with van der Waals surface area (Å²) in [6.45, 7) is 2.38. The summed E-state index contributed by atoms with van der Waals surface area (Å²) in [5.74, 6) is -0.227. The van der Waals surface area contributed by atoms with Gasteiger partial charge in [0.15, 0.2) is 0 Å². The third kappa shape index (κ3) is 2.17. The lowest BCUT2D eigenvalue weighted by Gasteiger charge is -2.33. The van der Waals surface area contributed by atoms with Gasteiger partial charge in [0.05, 0.1) is 6.04 Å². The van der Waals surface area contributed by atoms with E-state index in [9.17, 15) is 9.18 Å². The second-order valence-electron chi connectivity index (χ2n) is 4.36. The van der Waals surface area contributed by atoms with Gasteiger partial charge in [-0.3, -0.25) is 4.79 Å². The van der Waals surface area contributed by atoms with Gasteiger partial charge < -0.3 is 10.2 Å². The maximum absolute atomic E-state index is 13.5. The van der Waals surface area contributed by atoms with Gasteiger partial charge in [0.25, 0.3) is 0 Å². The monoisotopic (exact) mass is 236 g/mol. The van der Waals surface area contributed by atoms with Gasteiger partial charge in [-0.15, -0.1) is 0 Å². The standard InChI is InChI=1S/C13H17FN2O/c1-9-10(14)5-3-7-12(9)16-8-4-6-11(15-2)13(16)17/h3,5,7,11,15H,4,6,8H2,1-2H3. The number of rotatable bonds is 2. The predicted octanol–water partition coefficient (Wildman–Crippen LogP) is 1.85. The number of halogens is 1. The smallest absolute Gasteiger partial charge is 0.244 e. The number of piperidine rings is 1. The summed E-state index contributed by atoms with van der Waals surface area (Å²) in [7, 11) is 1.78. The number of amides is 1. The number of carbonyl (C=O) groups excluding carboxylic acids is 1. The van der Waals surface area contributed by atoms with Gasteiger partial charge in [0.2, 0.25) is 5.91 Å². The van der Waals surface area contributed by atoms with Crippen molar-refractivity contribution in [3.05, 3.63) is 29.6 Å². The van der Waals surface area contributed by atoms with Gasteiger partial charge >= 0.3 is 0 Å². The largest absolute Gasteiger partial charge is 0.311 e. The molecule has 0 bridgehead atoms. The van der Waals surface area contributed by atoms with Gasteiger partial charge in [-0.2, -0.15) is 0 Å². The fraction of sp³-hybridized carbons (Fsp3) is 0.462. The summed E-state index contributed by atoms with van der Waals surface area (Å²) >= 11 is 0. The number of anilines is 1. The molecule has 3 nitrogen and oxygen atoms in total. The molecule has 1 amide bonds. The quantitative estimate of drug-likeness (QED) is 0.850. The van der Waals surface area contributed by atoms with E-state index in [4.69, 9.17) is 0 Å². The maximum atomic E-state index is 13.5. The zero-order valence-corrected chi connectivity index (χ0v) is 10.2. The minimum absolute atomic E-state index is 0.0347. The molecule has 1 aliphatic rings. The van der Waals surface area contributed by atoms with Crippen LogP contribution in [0.5, 0.6) is 0 Å². The van der Waals surface area contributed by atoms with E-state index in [1.165, 1.54) is 6.07 Å². The van der Waals surface area contributed by atoms with Crippen LogP contribution in [0.4, 0.5) is 10.1 Å². The number of nitrogens with zero attached hydrogens (tertiary/aromatic N) is 1. The number of nitrogens with one attached hydrogen (secondary N) is 1. The van der Waals surface area contributed by atoms with Crippen LogP contribution in [0, 0.1) is 12.7 Å². The number of benzene rings is 1. The number of hydrogen-bond acceptors (Lipinski definition) is 2. The molecule has 17 heavy (non-hydrogen) atoms. The molecule has 0 saturated carbocycles. The Morgan fingerprint density at radius 1 is 1.47 bits per heavy atom. The molecule has 0 spiro atoms. The van der Waals surface area contributed by atoms with Crippen LogP contribution < -0.4 is 10.2 Å². The van der Waals surface area contributed by atoms with Crippen molar-refractivity contribution in [3.63, 3.8) is 0 Å². The Morgan fingerprint density at radius 2 is 2.24 bits per heavy atom. The Balaban J connectivity index is 2.33. The summed E-state index contributed by atoms with van der Waals surface area (Å²) in [6.07, 6.45) is 1.79. The van der Waals surface area contributed by atoms with Gasteiger partial charge in [0.1, 0.15) is 5.82 Å². The lowest BCUT2D eigenvalue weighted by molar-refractivity contribution is -0.121. The van der Waals surface area contributed by atoms with E-state index < -0.39 is 0 Å². The van der Waals surface area contributed by atoms with E-state index in [-0.39, 0.29) is 17.8 Å². The molecule has 1 heterocycles. The Bertz CT molecular complexity index is 433. The molecule has 1 aromatic rings. The van der Waals surface area contributed by atoms with Crippen molar-refractivity contribution in [1.29, 1.82) is 0 Å². The van der Waals surface area contributed by atoms with Crippen molar-refractivity contribution in [1.82, 2.24) is 5.32 Å². The molecule has 1 saturated heterocycles. The van der Waals surface area contributed by atoms with E-state index in [2.05, 4.69) is 5.32 Å². The molecule has 0 aliphatic carbocycles. The molecule has 0 aromatic heterocycles. The van der Waals surface area contributed by atoms with Gasteiger partial charge in [-0.1, -0.05) is 6.07 Å². The second kappa shape index (κ2) is 4.84.